The molecule has 1 aliphatic heterocycles. The van der Waals surface area contributed by atoms with Gasteiger partial charge in [-0.1, -0.05) is 18.2 Å². The SMILES string of the molecule is Cl.O=C(CNCC1CCCO1)NCCc1ccccc1F. The van der Waals surface area contributed by atoms with Crippen LogP contribution in [0.5, 0.6) is 0 Å². The number of carbonyl (C=O) groups is 1. The molecule has 1 saturated heterocycles. The summed E-state index contributed by atoms with van der Waals surface area (Å²) < 4.78 is 18.8. The van der Waals surface area contributed by atoms with E-state index in [0.717, 1.165) is 19.4 Å². The van der Waals surface area contributed by atoms with E-state index in [4.69, 9.17) is 4.74 Å². The Balaban J connectivity index is 0.00000220. The topological polar surface area (TPSA) is 50.4 Å². The zero-order chi connectivity index (χ0) is 14.2. The van der Waals surface area contributed by atoms with Gasteiger partial charge in [0.1, 0.15) is 5.82 Å². The fraction of sp³-hybridized carbons (Fsp3) is 0.533. The van der Waals surface area contributed by atoms with Gasteiger partial charge in [-0.05, 0) is 30.9 Å². The van der Waals surface area contributed by atoms with Gasteiger partial charge in [-0.2, -0.15) is 0 Å². The molecule has 1 fully saturated rings. The Morgan fingerprint density at radius 1 is 1.38 bits per heavy atom. The number of halogens is 2. The Morgan fingerprint density at radius 2 is 2.19 bits per heavy atom. The van der Waals surface area contributed by atoms with Crippen LogP contribution in [0.2, 0.25) is 0 Å². The number of benzene rings is 1. The second-order valence-corrected chi connectivity index (χ2v) is 4.96. The Labute approximate surface area is 130 Å². The highest BCUT2D eigenvalue weighted by atomic mass is 35.5. The van der Waals surface area contributed by atoms with Crippen molar-refractivity contribution in [3.8, 4) is 0 Å². The first kappa shape index (κ1) is 17.9. The first-order valence-corrected chi connectivity index (χ1v) is 7.08. The maximum atomic E-state index is 13.4. The lowest BCUT2D eigenvalue weighted by molar-refractivity contribution is -0.120. The minimum Gasteiger partial charge on any atom is -0.377 e. The fourth-order valence-electron chi connectivity index (χ4n) is 2.25. The quantitative estimate of drug-likeness (QED) is 0.804. The van der Waals surface area contributed by atoms with E-state index in [9.17, 15) is 9.18 Å². The molecule has 1 aromatic rings. The molecule has 1 aromatic carbocycles. The Hall–Kier alpha value is -1.17. The molecule has 1 aliphatic rings. The van der Waals surface area contributed by atoms with E-state index in [1.54, 1.807) is 18.2 Å². The van der Waals surface area contributed by atoms with Gasteiger partial charge >= 0.3 is 0 Å². The molecule has 1 amide bonds. The summed E-state index contributed by atoms with van der Waals surface area (Å²) in [6.45, 7) is 2.25. The van der Waals surface area contributed by atoms with Crippen LogP contribution in [0, 0.1) is 5.82 Å². The molecule has 1 heterocycles. The number of amides is 1. The van der Waals surface area contributed by atoms with Crippen LogP contribution < -0.4 is 10.6 Å². The summed E-state index contributed by atoms with van der Waals surface area (Å²) >= 11 is 0. The first-order chi connectivity index (χ1) is 9.75. The number of nitrogens with one attached hydrogen (secondary N) is 2. The standard InChI is InChI=1S/C15H21FN2O2.ClH/c16-14-6-2-1-4-12(14)7-8-18-15(19)11-17-10-13-5-3-9-20-13;/h1-2,4,6,13,17H,3,5,7-11H2,(H,18,19);1H. The third-order valence-electron chi connectivity index (χ3n) is 3.36. The van der Waals surface area contributed by atoms with E-state index < -0.39 is 0 Å². The van der Waals surface area contributed by atoms with Crippen LogP contribution in [-0.4, -0.2) is 38.3 Å². The summed E-state index contributed by atoms with van der Waals surface area (Å²) in [7, 11) is 0. The van der Waals surface area contributed by atoms with Gasteiger partial charge in [-0.15, -0.1) is 12.4 Å². The molecule has 0 aliphatic carbocycles. The predicted octanol–water partition coefficient (Wildman–Crippen LogP) is 1.67. The lowest BCUT2D eigenvalue weighted by Gasteiger charge is -2.11. The molecular weight excluding hydrogens is 295 g/mol. The summed E-state index contributed by atoms with van der Waals surface area (Å²) in [5.74, 6) is -0.294. The summed E-state index contributed by atoms with van der Waals surface area (Å²) in [5, 5.41) is 5.85. The molecule has 1 atom stereocenters. The van der Waals surface area contributed by atoms with Gasteiger partial charge in [-0.25, -0.2) is 4.39 Å². The van der Waals surface area contributed by atoms with E-state index in [2.05, 4.69) is 10.6 Å². The van der Waals surface area contributed by atoms with Crippen molar-refractivity contribution in [1.29, 1.82) is 0 Å². The first-order valence-electron chi connectivity index (χ1n) is 7.08. The van der Waals surface area contributed by atoms with Crippen molar-refractivity contribution in [2.24, 2.45) is 0 Å². The van der Waals surface area contributed by atoms with Crippen molar-refractivity contribution in [2.75, 3.05) is 26.2 Å². The molecule has 2 N–H and O–H groups in total. The number of carbonyl (C=O) groups excluding carboxylic acids is 1. The number of ether oxygens (including phenoxy) is 1. The van der Waals surface area contributed by atoms with Gasteiger partial charge in [-0.3, -0.25) is 4.79 Å². The zero-order valence-electron chi connectivity index (χ0n) is 11.9. The third-order valence-corrected chi connectivity index (χ3v) is 3.36. The van der Waals surface area contributed by atoms with E-state index >= 15 is 0 Å². The lowest BCUT2D eigenvalue weighted by Crippen LogP contribution is -2.37. The Kier molecular flexibility index (Phi) is 8.27. The fourth-order valence-corrected chi connectivity index (χ4v) is 2.25. The van der Waals surface area contributed by atoms with E-state index in [1.165, 1.54) is 6.07 Å². The average molecular weight is 317 g/mol. The minimum absolute atomic E-state index is 0. The summed E-state index contributed by atoms with van der Waals surface area (Å²) in [6.07, 6.45) is 2.90. The lowest BCUT2D eigenvalue weighted by atomic mass is 10.1. The molecule has 1 unspecified atom stereocenters. The Bertz CT molecular complexity index is 439. The second kappa shape index (κ2) is 9.71. The summed E-state index contributed by atoms with van der Waals surface area (Å²) in [4.78, 5) is 11.6. The average Bonchev–Trinajstić information content (AvgIpc) is 2.94. The van der Waals surface area contributed by atoms with Crippen LogP contribution in [-0.2, 0) is 16.0 Å². The number of hydrogen-bond donors (Lipinski definition) is 2. The highest BCUT2D eigenvalue weighted by molar-refractivity contribution is 5.85. The van der Waals surface area contributed by atoms with E-state index in [1.807, 2.05) is 0 Å². The summed E-state index contributed by atoms with van der Waals surface area (Å²) in [5.41, 5.74) is 0.625. The van der Waals surface area contributed by atoms with Gasteiger partial charge in [0, 0.05) is 19.7 Å². The van der Waals surface area contributed by atoms with Crippen molar-refractivity contribution in [3.05, 3.63) is 35.6 Å². The molecule has 0 aromatic heterocycles. The molecule has 0 saturated carbocycles. The highest BCUT2D eigenvalue weighted by Gasteiger charge is 2.14. The molecular formula is C15H22ClFN2O2. The van der Waals surface area contributed by atoms with Crippen LogP contribution in [0.15, 0.2) is 24.3 Å². The summed E-state index contributed by atoms with van der Waals surface area (Å²) in [6, 6.07) is 6.62. The van der Waals surface area contributed by atoms with Crippen molar-refractivity contribution in [1.82, 2.24) is 10.6 Å². The molecule has 0 spiro atoms. The molecule has 21 heavy (non-hydrogen) atoms. The van der Waals surface area contributed by atoms with Crippen LogP contribution in [0.25, 0.3) is 0 Å². The van der Waals surface area contributed by atoms with Crippen molar-refractivity contribution < 1.29 is 13.9 Å². The molecule has 4 nitrogen and oxygen atoms in total. The third kappa shape index (κ3) is 6.42. The van der Waals surface area contributed by atoms with Crippen LogP contribution in [0.1, 0.15) is 18.4 Å². The number of hydrogen-bond acceptors (Lipinski definition) is 3. The molecule has 0 radical (unpaired) electrons. The molecule has 118 valence electrons. The smallest absolute Gasteiger partial charge is 0.233 e. The maximum Gasteiger partial charge on any atom is 0.233 e. The monoisotopic (exact) mass is 316 g/mol. The van der Waals surface area contributed by atoms with E-state index in [0.29, 0.717) is 25.1 Å². The van der Waals surface area contributed by atoms with Gasteiger partial charge < -0.3 is 15.4 Å². The minimum atomic E-state index is -0.224. The maximum absolute atomic E-state index is 13.4. The second-order valence-electron chi connectivity index (χ2n) is 4.96. The van der Waals surface area contributed by atoms with Crippen LogP contribution in [0.4, 0.5) is 4.39 Å². The highest BCUT2D eigenvalue weighted by Crippen LogP contribution is 2.10. The Morgan fingerprint density at radius 3 is 2.90 bits per heavy atom. The van der Waals surface area contributed by atoms with Crippen LogP contribution in [0.3, 0.4) is 0 Å². The predicted molar refractivity (Wildman–Crippen MR) is 82.2 cm³/mol. The van der Waals surface area contributed by atoms with Crippen LogP contribution >= 0.6 is 12.4 Å². The van der Waals surface area contributed by atoms with Gasteiger partial charge in [0.25, 0.3) is 0 Å². The molecule has 2 rings (SSSR count). The molecule has 6 heteroatoms. The van der Waals surface area contributed by atoms with Crippen molar-refractivity contribution in [2.45, 2.75) is 25.4 Å². The molecule has 0 bridgehead atoms. The van der Waals surface area contributed by atoms with Crippen molar-refractivity contribution >= 4 is 18.3 Å². The largest absolute Gasteiger partial charge is 0.377 e. The van der Waals surface area contributed by atoms with Gasteiger partial charge in [0.15, 0.2) is 0 Å². The van der Waals surface area contributed by atoms with Gasteiger partial charge in [0.05, 0.1) is 12.6 Å². The normalized spacial score (nSPS) is 17.3. The van der Waals surface area contributed by atoms with E-state index in [-0.39, 0.29) is 36.8 Å². The zero-order valence-corrected chi connectivity index (χ0v) is 12.8. The van der Waals surface area contributed by atoms with Crippen molar-refractivity contribution in [3.63, 3.8) is 0 Å². The van der Waals surface area contributed by atoms with Gasteiger partial charge in [0.2, 0.25) is 5.91 Å². The number of rotatable bonds is 7.